The number of carbonyl (C=O) groups is 3. The van der Waals surface area contributed by atoms with Crippen LogP contribution in [0.25, 0.3) is 0 Å². The van der Waals surface area contributed by atoms with Crippen molar-refractivity contribution in [3.05, 3.63) is 51.6 Å². The van der Waals surface area contributed by atoms with Gasteiger partial charge < -0.3 is 49.5 Å². The van der Waals surface area contributed by atoms with E-state index in [-0.39, 0.29) is 34.4 Å². The molecule has 47 heavy (non-hydrogen) atoms. The summed E-state index contributed by atoms with van der Waals surface area (Å²) in [6.45, 7) is 3.91. The number of hydrogen-bond donors (Lipinski definition) is 5. The molecule has 2 heterocycles. The van der Waals surface area contributed by atoms with Crippen molar-refractivity contribution in [3.63, 3.8) is 0 Å². The quantitative estimate of drug-likeness (QED) is 0.133. The predicted octanol–water partition coefficient (Wildman–Crippen LogP) is 0.318. The molecule has 6 rings (SSSR count). The highest BCUT2D eigenvalue weighted by molar-refractivity contribution is 6.31. The molecule has 0 amide bonds. The van der Waals surface area contributed by atoms with Crippen molar-refractivity contribution < 1.29 is 54.1 Å². The number of phenolic OH excluding ortho intramolecular Hbond substituents is 2. The van der Waals surface area contributed by atoms with Crippen LogP contribution in [0.5, 0.6) is 17.2 Å². The molecule has 0 aromatic heterocycles. The molecule has 6 atom stereocenters. The third-order valence-electron chi connectivity index (χ3n) is 9.69. The van der Waals surface area contributed by atoms with E-state index in [1.54, 1.807) is 13.3 Å². The van der Waals surface area contributed by atoms with E-state index in [0.717, 1.165) is 26.2 Å². The summed E-state index contributed by atoms with van der Waals surface area (Å²) in [5.41, 5.74) is -3.60. The fraction of sp³-hybridized carbons (Fsp3) is 0.515. The second-order valence-electron chi connectivity index (χ2n) is 12.7. The Morgan fingerprint density at radius 2 is 1.81 bits per heavy atom. The molecule has 14 nitrogen and oxygen atoms in total. The van der Waals surface area contributed by atoms with Gasteiger partial charge >= 0.3 is 0 Å². The van der Waals surface area contributed by atoms with Gasteiger partial charge in [-0.2, -0.15) is 0 Å². The van der Waals surface area contributed by atoms with E-state index in [1.165, 1.54) is 25.3 Å². The maximum atomic E-state index is 13.9. The van der Waals surface area contributed by atoms with Gasteiger partial charge in [0.15, 0.2) is 17.9 Å². The van der Waals surface area contributed by atoms with Crippen LogP contribution in [0.15, 0.2) is 23.2 Å². The molecule has 5 N–H and O–H groups in total. The Balaban J connectivity index is 1.39. The number of ether oxygens (including phenoxy) is 3. The molecule has 2 saturated heterocycles. The molecule has 2 aromatic carbocycles. The van der Waals surface area contributed by atoms with Crippen LogP contribution in [0.4, 0.5) is 0 Å². The van der Waals surface area contributed by atoms with E-state index >= 15 is 0 Å². The zero-order valence-electron chi connectivity index (χ0n) is 26.4. The second kappa shape index (κ2) is 12.6. The first-order valence-corrected chi connectivity index (χ1v) is 15.6. The van der Waals surface area contributed by atoms with Crippen LogP contribution < -0.4 is 4.74 Å². The van der Waals surface area contributed by atoms with Gasteiger partial charge in [-0.25, -0.2) is 0 Å². The highest BCUT2D eigenvalue weighted by Gasteiger charge is 2.50. The van der Waals surface area contributed by atoms with Crippen molar-refractivity contribution in [2.75, 3.05) is 46.9 Å². The Morgan fingerprint density at radius 1 is 1.11 bits per heavy atom. The molecule has 14 heteroatoms. The fourth-order valence-corrected chi connectivity index (χ4v) is 6.96. The van der Waals surface area contributed by atoms with Crippen LogP contribution >= 0.6 is 0 Å². The van der Waals surface area contributed by atoms with Crippen LogP contribution in [0.1, 0.15) is 68.8 Å². The van der Waals surface area contributed by atoms with Gasteiger partial charge in [0.05, 0.1) is 48.4 Å². The van der Waals surface area contributed by atoms with E-state index < -0.39 is 95.7 Å². The lowest BCUT2D eigenvalue weighted by Gasteiger charge is -2.42. The van der Waals surface area contributed by atoms with Gasteiger partial charge in [-0.15, -0.1) is 0 Å². The molecule has 5 unspecified atom stereocenters. The molecule has 4 aliphatic rings. The number of aliphatic hydroxyl groups excluding tert-OH is 2. The lowest BCUT2D eigenvalue weighted by atomic mass is 9.72. The molecule has 2 aromatic rings. The number of hydrogen-bond acceptors (Lipinski definition) is 13. The number of methoxy groups -OCH3 is 1. The highest BCUT2D eigenvalue weighted by atomic mass is 16.7. The first-order valence-electron chi connectivity index (χ1n) is 15.6. The maximum absolute atomic E-state index is 13.9. The smallest absolute Gasteiger partial charge is 0.202 e. The summed E-state index contributed by atoms with van der Waals surface area (Å²) in [7, 11) is 3.37. The van der Waals surface area contributed by atoms with E-state index in [4.69, 9.17) is 14.2 Å². The fourth-order valence-electron chi connectivity index (χ4n) is 6.96. The first kappa shape index (κ1) is 33.0. The third kappa shape index (κ3) is 5.68. The van der Waals surface area contributed by atoms with E-state index in [9.17, 15) is 39.9 Å². The zero-order valence-corrected chi connectivity index (χ0v) is 26.4. The van der Waals surface area contributed by atoms with E-state index in [0.29, 0.717) is 0 Å². The third-order valence-corrected chi connectivity index (χ3v) is 9.69. The summed E-state index contributed by atoms with van der Waals surface area (Å²) in [6.07, 6.45) is -3.40. The Bertz CT molecular complexity index is 1640. The van der Waals surface area contributed by atoms with Crippen molar-refractivity contribution in [1.82, 2.24) is 9.80 Å². The predicted molar refractivity (Wildman–Crippen MR) is 165 cm³/mol. The Hall–Kier alpha value is -3.92. The Morgan fingerprint density at radius 3 is 2.49 bits per heavy atom. The minimum atomic E-state index is -2.26. The van der Waals surface area contributed by atoms with Gasteiger partial charge in [-0.1, -0.05) is 12.1 Å². The average Bonchev–Trinajstić information content (AvgIpc) is 3.05. The van der Waals surface area contributed by atoms with E-state index in [1.807, 2.05) is 7.05 Å². The molecule has 0 saturated carbocycles. The lowest BCUT2D eigenvalue weighted by Crippen LogP contribution is -2.50. The zero-order chi connectivity index (χ0) is 33.8. The van der Waals surface area contributed by atoms with Gasteiger partial charge in [0, 0.05) is 62.1 Å². The topological polar surface area (TPSA) is 199 Å². The normalized spacial score (nSPS) is 29.4. The maximum Gasteiger partial charge on any atom is 0.202 e. The summed E-state index contributed by atoms with van der Waals surface area (Å²) >= 11 is 0. The molecule has 2 aliphatic carbocycles. The van der Waals surface area contributed by atoms with Crippen LogP contribution in [-0.4, -0.2) is 136 Å². The number of likely N-dealkylation sites (N-methyl/N-ethyl adjacent to an activating group) is 1. The lowest BCUT2D eigenvalue weighted by molar-refractivity contribution is -0.247. The number of nitrogens with zero attached hydrogens (tertiary/aromatic N) is 3. The molecule has 2 fully saturated rings. The highest BCUT2D eigenvalue weighted by Crippen LogP contribution is 2.52. The number of aliphatic imine (C=N–C) groups is 1. The Kier molecular flexibility index (Phi) is 8.84. The molecule has 2 aliphatic heterocycles. The number of ketones is 3. The van der Waals surface area contributed by atoms with Gasteiger partial charge in [0.25, 0.3) is 0 Å². The van der Waals surface area contributed by atoms with E-state index in [2.05, 4.69) is 14.8 Å². The van der Waals surface area contributed by atoms with Crippen LogP contribution in [0.2, 0.25) is 0 Å². The summed E-state index contributed by atoms with van der Waals surface area (Å²) in [4.78, 5) is 49.3. The van der Waals surface area contributed by atoms with Gasteiger partial charge in [-0.05, 0) is 20.0 Å². The van der Waals surface area contributed by atoms with Crippen molar-refractivity contribution in [1.29, 1.82) is 0 Å². The Labute approximate surface area is 270 Å². The summed E-state index contributed by atoms with van der Waals surface area (Å²) < 4.78 is 17.6. The number of aromatic hydroxyl groups is 2. The minimum Gasteiger partial charge on any atom is -0.507 e. The number of aliphatic hydroxyl groups is 3. The molecule has 252 valence electrons. The van der Waals surface area contributed by atoms with Gasteiger partial charge in [0.2, 0.25) is 5.78 Å². The van der Waals surface area contributed by atoms with Crippen LogP contribution in [0.3, 0.4) is 0 Å². The molecule has 0 spiro atoms. The number of Topliss-reactive ketones (excluding diaryl/α,β-unsaturated/α-hetero) is 1. The SMILES string of the molecule is COc1cccc2c1C(=O)c1c(O)c3c(c(O)c1C2=O)CC(O)(C(=O)CO)C[C@@H]3OC1CC(N=CN2CCN(C)CC2)C(O)C(C)O1. The number of phenols is 2. The van der Waals surface area contributed by atoms with Crippen molar-refractivity contribution in [3.8, 4) is 17.2 Å². The van der Waals surface area contributed by atoms with Gasteiger partial charge in [-0.3, -0.25) is 19.4 Å². The summed E-state index contributed by atoms with van der Waals surface area (Å²) in [6, 6.07) is 3.76. The number of carbonyl (C=O) groups excluding carboxylic acids is 3. The average molecular weight is 654 g/mol. The largest absolute Gasteiger partial charge is 0.507 e. The molecule has 0 bridgehead atoms. The van der Waals surface area contributed by atoms with Crippen LogP contribution in [0, 0.1) is 0 Å². The van der Waals surface area contributed by atoms with Gasteiger partial charge in [0.1, 0.15) is 35.6 Å². The van der Waals surface area contributed by atoms with Crippen molar-refractivity contribution in [2.45, 2.75) is 62.4 Å². The minimum absolute atomic E-state index is 0.0480. The number of rotatable bonds is 7. The summed E-state index contributed by atoms with van der Waals surface area (Å²) in [5.74, 6) is -3.74. The molecular weight excluding hydrogens is 614 g/mol. The standard InChI is InChI=1S/C33H39N3O11/c1-16-28(39)19(34-15-36-9-7-35(2)8-10-36)11-23(46-16)47-21-13-33(44,22(38)14-37)12-18-25(21)32(43)27-26(30(18)41)29(40)17-5-4-6-20(45-3)24(17)31(27)42/h4-6,15-16,19,21,23,28,37,39,41,43-44H,7-14H2,1-3H3/t16?,19?,21-,23?,28?,33?/m0/s1. The second-order valence-corrected chi connectivity index (χ2v) is 12.7. The number of fused-ring (bicyclic) bond motifs is 3. The monoisotopic (exact) mass is 653 g/mol. The molecular formula is C33H39N3O11. The van der Waals surface area contributed by atoms with Crippen molar-refractivity contribution >= 4 is 23.7 Å². The first-order chi connectivity index (χ1) is 22.4. The number of piperazine rings is 1. The summed E-state index contributed by atoms with van der Waals surface area (Å²) in [5, 5.41) is 55.3. The van der Waals surface area contributed by atoms with Crippen molar-refractivity contribution in [2.24, 2.45) is 4.99 Å². The molecule has 0 radical (unpaired) electrons. The van der Waals surface area contributed by atoms with Crippen LogP contribution in [-0.2, 0) is 20.7 Å². The number of benzene rings is 2.